The summed E-state index contributed by atoms with van der Waals surface area (Å²) in [5, 5.41) is 13.0. The number of hydroxylamine groups is 2. The number of hydrogen-bond acceptors (Lipinski definition) is 3. The molecule has 6 heteroatoms. The van der Waals surface area contributed by atoms with E-state index in [2.05, 4.69) is 5.32 Å². The number of para-hydroxylation sites is 1. The third-order valence-electron chi connectivity index (χ3n) is 3.23. The molecule has 0 aromatic heterocycles. The lowest BCUT2D eigenvalue weighted by atomic mass is 10.1. The molecule has 2 amide bonds. The van der Waals surface area contributed by atoms with Gasteiger partial charge in [0, 0.05) is 5.54 Å². The van der Waals surface area contributed by atoms with Gasteiger partial charge in [0.05, 0.1) is 6.54 Å². The quantitative estimate of drug-likeness (QED) is 0.594. The van der Waals surface area contributed by atoms with Gasteiger partial charge in [-0.3, -0.25) is 5.21 Å². The average molecular weight is 358 g/mol. The first-order valence-electron chi connectivity index (χ1n) is 8.22. The Kier molecular flexibility index (Phi) is 6.36. The largest absolute Gasteiger partial charge is 0.454 e. The van der Waals surface area contributed by atoms with E-state index in [1.54, 1.807) is 48.6 Å². The van der Waals surface area contributed by atoms with Crippen LogP contribution >= 0.6 is 0 Å². The summed E-state index contributed by atoms with van der Waals surface area (Å²) in [6.07, 6.45) is 3.27. The Morgan fingerprint density at radius 1 is 1.23 bits per heavy atom. The number of carbonyl (C=O) groups is 1. The van der Waals surface area contributed by atoms with Crippen LogP contribution in [-0.4, -0.2) is 28.4 Å². The van der Waals surface area contributed by atoms with Crippen molar-refractivity contribution in [1.82, 2.24) is 10.4 Å². The molecule has 2 N–H and O–H groups in total. The molecule has 0 aliphatic carbocycles. The van der Waals surface area contributed by atoms with Crippen LogP contribution in [0.2, 0.25) is 0 Å². The Labute approximate surface area is 152 Å². The van der Waals surface area contributed by atoms with Gasteiger partial charge in [0.2, 0.25) is 0 Å². The minimum atomic E-state index is -0.589. The van der Waals surface area contributed by atoms with Gasteiger partial charge in [-0.05, 0) is 50.6 Å². The Morgan fingerprint density at radius 2 is 1.92 bits per heavy atom. The van der Waals surface area contributed by atoms with Crippen LogP contribution in [0.5, 0.6) is 11.5 Å². The molecule has 5 nitrogen and oxygen atoms in total. The molecule has 0 saturated carbocycles. The Bertz CT molecular complexity index is 770. The molecule has 26 heavy (non-hydrogen) atoms. The lowest BCUT2D eigenvalue weighted by Crippen LogP contribution is -2.47. The smallest absolute Gasteiger partial charge is 0.341 e. The van der Waals surface area contributed by atoms with Gasteiger partial charge in [0.1, 0.15) is 5.75 Å². The number of urea groups is 1. The van der Waals surface area contributed by atoms with Crippen molar-refractivity contribution in [2.24, 2.45) is 0 Å². The van der Waals surface area contributed by atoms with Crippen molar-refractivity contribution in [3.8, 4) is 11.5 Å². The van der Waals surface area contributed by atoms with E-state index in [1.807, 2.05) is 26.8 Å². The number of benzene rings is 2. The van der Waals surface area contributed by atoms with Crippen LogP contribution in [0.25, 0.3) is 6.08 Å². The van der Waals surface area contributed by atoms with E-state index in [-0.39, 0.29) is 12.3 Å². The maximum Gasteiger partial charge on any atom is 0.341 e. The number of nitrogens with one attached hydrogen (secondary N) is 1. The van der Waals surface area contributed by atoms with Gasteiger partial charge in [-0.2, -0.15) is 0 Å². The van der Waals surface area contributed by atoms with Gasteiger partial charge >= 0.3 is 6.03 Å². The normalized spacial score (nSPS) is 11.4. The summed E-state index contributed by atoms with van der Waals surface area (Å²) < 4.78 is 19.5. The molecule has 2 aromatic rings. The van der Waals surface area contributed by atoms with Gasteiger partial charge < -0.3 is 10.1 Å². The predicted octanol–water partition coefficient (Wildman–Crippen LogP) is 4.83. The van der Waals surface area contributed by atoms with Crippen LogP contribution < -0.4 is 10.1 Å². The van der Waals surface area contributed by atoms with Crippen LogP contribution in [0.3, 0.4) is 0 Å². The third kappa shape index (κ3) is 6.22. The van der Waals surface area contributed by atoms with Crippen LogP contribution in [0.1, 0.15) is 26.3 Å². The van der Waals surface area contributed by atoms with Crippen molar-refractivity contribution in [1.29, 1.82) is 0 Å². The standard InChI is InChI=1S/C20H23FN2O3/c1-20(2,3)22-19(24)23(25)13-7-8-15-11-12-17(21)18(14-15)26-16-9-5-4-6-10-16/h4-12,14,25H,13H2,1-3H3,(H,22,24). The molecule has 0 aliphatic heterocycles. The lowest BCUT2D eigenvalue weighted by molar-refractivity contribution is -0.0348. The second kappa shape index (κ2) is 8.49. The van der Waals surface area contributed by atoms with Gasteiger partial charge in [-0.1, -0.05) is 36.4 Å². The molecule has 0 fully saturated rings. The highest BCUT2D eigenvalue weighted by molar-refractivity contribution is 5.74. The lowest BCUT2D eigenvalue weighted by Gasteiger charge is -2.23. The zero-order valence-corrected chi connectivity index (χ0v) is 15.1. The Morgan fingerprint density at radius 3 is 2.58 bits per heavy atom. The average Bonchev–Trinajstić information content (AvgIpc) is 2.57. The van der Waals surface area contributed by atoms with Crippen molar-refractivity contribution in [3.63, 3.8) is 0 Å². The molecule has 138 valence electrons. The third-order valence-corrected chi connectivity index (χ3v) is 3.23. The fraction of sp³-hybridized carbons (Fsp3) is 0.250. The summed E-state index contributed by atoms with van der Waals surface area (Å²) in [4.78, 5) is 11.8. The van der Waals surface area contributed by atoms with Crippen LogP contribution in [0, 0.1) is 5.82 Å². The monoisotopic (exact) mass is 358 g/mol. The van der Waals surface area contributed by atoms with Gasteiger partial charge in [-0.15, -0.1) is 0 Å². The number of rotatable bonds is 5. The second-order valence-electron chi connectivity index (χ2n) is 6.77. The zero-order valence-electron chi connectivity index (χ0n) is 15.1. The van der Waals surface area contributed by atoms with Gasteiger partial charge in [-0.25, -0.2) is 14.2 Å². The molecule has 0 unspecified atom stereocenters. The molecule has 0 radical (unpaired) electrons. The molecule has 0 spiro atoms. The fourth-order valence-electron chi connectivity index (χ4n) is 2.07. The summed E-state index contributed by atoms with van der Waals surface area (Å²) in [6.45, 7) is 5.46. The van der Waals surface area contributed by atoms with Crippen molar-refractivity contribution in [2.75, 3.05) is 6.54 Å². The fourth-order valence-corrected chi connectivity index (χ4v) is 2.07. The van der Waals surface area contributed by atoms with Crippen LogP contribution in [0.15, 0.2) is 54.6 Å². The molecular formula is C20H23FN2O3. The SMILES string of the molecule is CC(C)(C)NC(=O)N(O)CC=Cc1ccc(F)c(Oc2ccccc2)c1. The molecule has 2 rings (SSSR count). The number of nitrogens with zero attached hydrogens (tertiary/aromatic N) is 1. The van der Waals surface area contributed by atoms with Gasteiger partial charge in [0.25, 0.3) is 0 Å². The highest BCUT2D eigenvalue weighted by atomic mass is 19.1. The first-order chi connectivity index (χ1) is 12.2. The molecule has 2 aromatic carbocycles. The maximum atomic E-state index is 13.9. The molecule has 0 heterocycles. The van der Waals surface area contributed by atoms with Crippen LogP contribution in [0.4, 0.5) is 9.18 Å². The van der Waals surface area contributed by atoms with E-state index >= 15 is 0 Å². The number of carbonyl (C=O) groups excluding carboxylic acids is 1. The Hall–Kier alpha value is -2.86. The number of halogens is 1. The van der Waals surface area contributed by atoms with E-state index in [4.69, 9.17) is 4.74 Å². The van der Waals surface area contributed by atoms with Crippen LogP contribution in [-0.2, 0) is 0 Å². The second-order valence-corrected chi connectivity index (χ2v) is 6.77. The van der Waals surface area contributed by atoms with E-state index in [1.165, 1.54) is 6.07 Å². The van der Waals surface area contributed by atoms with Gasteiger partial charge in [0.15, 0.2) is 11.6 Å². The summed E-state index contributed by atoms with van der Waals surface area (Å²) in [5.41, 5.74) is 0.240. The van der Waals surface area contributed by atoms with E-state index in [0.29, 0.717) is 16.4 Å². The Balaban J connectivity index is 2.00. The van der Waals surface area contributed by atoms with E-state index < -0.39 is 17.4 Å². The predicted molar refractivity (Wildman–Crippen MR) is 98.7 cm³/mol. The number of ether oxygens (including phenoxy) is 1. The van der Waals surface area contributed by atoms with Crippen molar-refractivity contribution in [2.45, 2.75) is 26.3 Å². The summed E-state index contributed by atoms with van der Waals surface area (Å²) in [6, 6.07) is 12.8. The molecular weight excluding hydrogens is 335 g/mol. The molecule has 0 bridgehead atoms. The van der Waals surface area contributed by atoms with Crippen molar-refractivity contribution in [3.05, 3.63) is 66.0 Å². The summed E-state index contributed by atoms with van der Waals surface area (Å²) >= 11 is 0. The first-order valence-corrected chi connectivity index (χ1v) is 8.22. The highest BCUT2D eigenvalue weighted by Crippen LogP contribution is 2.25. The van der Waals surface area contributed by atoms with Crippen molar-refractivity contribution >= 4 is 12.1 Å². The maximum absolute atomic E-state index is 13.9. The minimum Gasteiger partial charge on any atom is -0.454 e. The molecule has 0 aliphatic rings. The molecule has 0 saturated heterocycles. The number of hydrogen-bond donors (Lipinski definition) is 2. The number of amides is 2. The van der Waals surface area contributed by atoms with E-state index in [9.17, 15) is 14.4 Å². The van der Waals surface area contributed by atoms with Crippen molar-refractivity contribution < 1.29 is 19.1 Å². The highest BCUT2D eigenvalue weighted by Gasteiger charge is 2.17. The van der Waals surface area contributed by atoms with E-state index in [0.717, 1.165) is 0 Å². The first kappa shape index (κ1) is 19.5. The molecule has 0 atom stereocenters. The summed E-state index contributed by atoms with van der Waals surface area (Å²) in [5.74, 6) is 0.164. The topological polar surface area (TPSA) is 61.8 Å². The zero-order chi connectivity index (χ0) is 19.2. The summed E-state index contributed by atoms with van der Waals surface area (Å²) in [7, 11) is 0. The minimum absolute atomic E-state index is 0.00579.